The van der Waals surface area contributed by atoms with E-state index in [9.17, 15) is 14.4 Å². The average molecular weight is 396 g/mol. The van der Waals surface area contributed by atoms with Crippen molar-refractivity contribution < 1.29 is 23.9 Å². The molecule has 26 heavy (non-hydrogen) atoms. The molecule has 0 aromatic heterocycles. The van der Waals surface area contributed by atoms with Gasteiger partial charge in [0.25, 0.3) is 5.91 Å². The number of ether oxygens (including phenoxy) is 2. The SMILES string of the molecule is O=C(COC(=O)CCCOc1ccccc1)NCCN1C(=O)CSC1=S. The van der Waals surface area contributed by atoms with Crippen LogP contribution in [-0.2, 0) is 19.1 Å². The average Bonchev–Trinajstić information content (AvgIpc) is 2.96. The van der Waals surface area contributed by atoms with Crippen molar-refractivity contribution >= 4 is 46.1 Å². The second-order valence-electron chi connectivity index (χ2n) is 5.38. The Morgan fingerprint density at radius 2 is 2.04 bits per heavy atom. The minimum Gasteiger partial charge on any atom is -0.494 e. The van der Waals surface area contributed by atoms with Crippen LogP contribution in [0.2, 0.25) is 0 Å². The van der Waals surface area contributed by atoms with Gasteiger partial charge in [0.05, 0.1) is 12.4 Å². The Morgan fingerprint density at radius 1 is 1.27 bits per heavy atom. The van der Waals surface area contributed by atoms with E-state index in [4.69, 9.17) is 21.7 Å². The van der Waals surface area contributed by atoms with Crippen molar-refractivity contribution in [2.75, 3.05) is 32.1 Å². The molecule has 0 bridgehead atoms. The summed E-state index contributed by atoms with van der Waals surface area (Å²) in [6.07, 6.45) is 0.676. The summed E-state index contributed by atoms with van der Waals surface area (Å²) in [7, 11) is 0. The molecule has 1 aromatic rings. The zero-order valence-electron chi connectivity index (χ0n) is 14.1. The minimum atomic E-state index is -0.455. The van der Waals surface area contributed by atoms with Gasteiger partial charge in [-0.05, 0) is 18.6 Å². The highest BCUT2D eigenvalue weighted by Gasteiger charge is 2.25. The molecule has 0 unspecified atom stereocenters. The molecular formula is C17H20N2O5S2. The highest BCUT2D eigenvalue weighted by molar-refractivity contribution is 8.23. The summed E-state index contributed by atoms with van der Waals surface area (Å²) in [6, 6.07) is 9.31. The number of amides is 2. The van der Waals surface area contributed by atoms with Gasteiger partial charge in [-0.3, -0.25) is 19.3 Å². The molecule has 7 nitrogen and oxygen atoms in total. The van der Waals surface area contributed by atoms with E-state index in [2.05, 4.69) is 5.32 Å². The monoisotopic (exact) mass is 396 g/mol. The predicted molar refractivity (Wildman–Crippen MR) is 102 cm³/mol. The number of carbonyl (C=O) groups excluding carboxylic acids is 3. The molecule has 2 amide bonds. The number of hydrogen-bond acceptors (Lipinski definition) is 7. The van der Waals surface area contributed by atoms with E-state index < -0.39 is 11.9 Å². The number of esters is 1. The van der Waals surface area contributed by atoms with Crippen molar-refractivity contribution in [1.82, 2.24) is 10.2 Å². The molecule has 0 aliphatic carbocycles. The number of carbonyl (C=O) groups is 3. The zero-order chi connectivity index (χ0) is 18.8. The van der Waals surface area contributed by atoms with Crippen LogP contribution in [0.3, 0.4) is 0 Å². The van der Waals surface area contributed by atoms with Crippen LogP contribution in [0.1, 0.15) is 12.8 Å². The van der Waals surface area contributed by atoms with Gasteiger partial charge < -0.3 is 14.8 Å². The van der Waals surface area contributed by atoms with Gasteiger partial charge >= 0.3 is 5.97 Å². The first-order valence-corrected chi connectivity index (χ1v) is 9.53. The van der Waals surface area contributed by atoms with E-state index in [-0.39, 0.29) is 25.5 Å². The number of benzene rings is 1. The second kappa shape index (κ2) is 10.8. The Morgan fingerprint density at radius 3 is 2.73 bits per heavy atom. The molecule has 0 radical (unpaired) electrons. The molecule has 1 aromatic carbocycles. The van der Waals surface area contributed by atoms with Gasteiger partial charge in [-0.2, -0.15) is 0 Å². The lowest BCUT2D eigenvalue weighted by Gasteiger charge is -2.15. The highest BCUT2D eigenvalue weighted by atomic mass is 32.2. The fourth-order valence-corrected chi connectivity index (χ4v) is 3.22. The van der Waals surface area contributed by atoms with E-state index in [1.165, 1.54) is 16.7 Å². The summed E-state index contributed by atoms with van der Waals surface area (Å²) in [5.74, 6) is 0.166. The quantitative estimate of drug-likeness (QED) is 0.363. The van der Waals surface area contributed by atoms with E-state index in [0.717, 1.165) is 5.75 Å². The van der Waals surface area contributed by atoms with Crippen molar-refractivity contribution in [2.24, 2.45) is 0 Å². The Bertz CT molecular complexity index is 638. The van der Waals surface area contributed by atoms with Gasteiger partial charge in [0.2, 0.25) is 5.91 Å². The summed E-state index contributed by atoms with van der Waals surface area (Å²) in [5.41, 5.74) is 0. The standard InChI is InChI=1S/C17H20N2O5S2/c20-14(18-8-9-19-15(21)12-26-17(19)25)11-24-16(22)7-4-10-23-13-5-2-1-3-6-13/h1-3,5-6H,4,7-12H2,(H,18,20). The maximum atomic E-state index is 11.6. The van der Waals surface area contributed by atoms with E-state index in [1.54, 1.807) is 0 Å². The molecule has 0 saturated carbocycles. The third-order valence-corrected chi connectivity index (χ3v) is 4.83. The van der Waals surface area contributed by atoms with Crippen LogP contribution in [0, 0.1) is 0 Å². The minimum absolute atomic E-state index is 0.0570. The highest BCUT2D eigenvalue weighted by Crippen LogP contribution is 2.18. The number of nitrogens with zero attached hydrogens (tertiary/aromatic N) is 1. The van der Waals surface area contributed by atoms with E-state index in [0.29, 0.717) is 29.6 Å². The summed E-state index contributed by atoms with van der Waals surface area (Å²) in [5, 5.41) is 2.59. The molecule has 9 heteroatoms. The predicted octanol–water partition coefficient (Wildman–Crippen LogP) is 1.37. The van der Waals surface area contributed by atoms with Crippen molar-refractivity contribution in [1.29, 1.82) is 0 Å². The summed E-state index contributed by atoms with van der Waals surface area (Å²) in [4.78, 5) is 36.2. The molecule has 0 spiro atoms. The molecule has 1 saturated heterocycles. The molecular weight excluding hydrogens is 376 g/mol. The summed E-state index contributed by atoms with van der Waals surface area (Å²) >= 11 is 6.35. The van der Waals surface area contributed by atoms with Gasteiger partial charge in [0.15, 0.2) is 6.61 Å². The third kappa shape index (κ3) is 7.01. The van der Waals surface area contributed by atoms with Crippen LogP contribution in [-0.4, -0.2) is 59.1 Å². The van der Waals surface area contributed by atoms with Crippen molar-refractivity contribution in [3.8, 4) is 5.75 Å². The lowest BCUT2D eigenvalue weighted by molar-refractivity contribution is -0.148. The number of hydrogen-bond donors (Lipinski definition) is 1. The van der Waals surface area contributed by atoms with Gasteiger partial charge in [-0.1, -0.05) is 42.2 Å². The Kier molecular flexibility index (Phi) is 8.36. The summed E-state index contributed by atoms with van der Waals surface area (Å²) < 4.78 is 10.9. The Labute approximate surface area is 161 Å². The first kappa shape index (κ1) is 20.2. The fraction of sp³-hybridized carbons (Fsp3) is 0.412. The topological polar surface area (TPSA) is 84.9 Å². The number of para-hydroxylation sites is 1. The van der Waals surface area contributed by atoms with Gasteiger partial charge in [0.1, 0.15) is 10.1 Å². The lowest BCUT2D eigenvalue weighted by Crippen LogP contribution is -2.38. The van der Waals surface area contributed by atoms with Gasteiger partial charge in [0, 0.05) is 19.5 Å². The summed E-state index contributed by atoms with van der Waals surface area (Å²) in [6.45, 7) is 0.632. The van der Waals surface area contributed by atoms with Crippen LogP contribution in [0.4, 0.5) is 0 Å². The molecule has 1 heterocycles. The molecule has 1 N–H and O–H groups in total. The number of rotatable bonds is 10. The van der Waals surface area contributed by atoms with E-state index in [1.807, 2.05) is 30.3 Å². The van der Waals surface area contributed by atoms with Crippen LogP contribution in [0.5, 0.6) is 5.75 Å². The third-order valence-electron chi connectivity index (χ3n) is 3.40. The largest absolute Gasteiger partial charge is 0.494 e. The first-order valence-electron chi connectivity index (χ1n) is 8.13. The Hall–Kier alpha value is -2.13. The molecule has 0 atom stereocenters. The lowest BCUT2D eigenvalue weighted by atomic mass is 10.3. The molecule has 140 valence electrons. The number of nitrogens with one attached hydrogen (secondary N) is 1. The smallest absolute Gasteiger partial charge is 0.306 e. The molecule has 1 aliphatic rings. The maximum Gasteiger partial charge on any atom is 0.306 e. The first-order chi connectivity index (χ1) is 12.6. The molecule has 1 aliphatic heterocycles. The van der Waals surface area contributed by atoms with Crippen molar-refractivity contribution in [2.45, 2.75) is 12.8 Å². The van der Waals surface area contributed by atoms with E-state index >= 15 is 0 Å². The van der Waals surface area contributed by atoms with Crippen LogP contribution in [0.15, 0.2) is 30.3 Å². The number of thiocarbonyl (C=S) groups is 1. The Balaban J connectivity index is 1.51. The molecule has 1 fully saturated rings. The van der Waals surface area contributed by atoms with Crippen LogP contribution < -0.4 is 10.1 Å². The van der Waals surface area contributed by atoms with Crippen molar-refractivity contribution in [3.63, 3.8) is 0 Å². The normalized spacial score (nSPS) is 13.6. The van der Waals surface area contributed by atoms with Gasteiger partial charge in [-0.25, -0.2) is 0 Å². The fourth-order valence-electron chi connectivity index (χ4n) is 2.10. The maximum absolute atomic E-state index is 11.6. The van der Waals surface area contributed by atoms with Crippen LogP contribution >= 0.6 is 24.0 Å². The van der Waals surface area contributed by atoms with Crippen LogP contribution in [0.25, 0.3) is 0 Å². The van der Waals surface area contributed by atoms with Crippen molar-refractivity contribution in [3.05, 3.63) is 30.3 Å². The molecule has 2 rings (SSSR count). The van der Waals surface area contributed by atoms with Gasteiger partial charge in [-0.15, -0.1) is 0 Å². The number of thioether (sulfide) groups is 1. The second-order valence-corrected chi connectivity index (χ2v) is 6.98. The zero-order valence-corrected chi connectivity index (χ0v) is 15.8.